The summed E-state index contributed by atoms with van der Waals surface area (Å²) in [4.78, 5) is 34.1. The van der Waals surface area contributed by atoms with Gasteiger partial charge in [0, 0.05) is 28.7 Å². The van der Waals surface area contributed by atoms with Crippen LogP contribution in [0.1, 0.15) is 46.1 Å². The highest BCUT2D eigenvalue weighted by Gasteiger charge is 2.35. The van der Waals surface area contributed by atoms with E-state index >= 15 is 0 Å². The minimum atomic E-state index is -3.68. The maximum absolute atomic E-state index is 13.1. The van der Waals surface area contributed by atoms with Gasteiger partial charge in [-0.15, -0.1) is 4.41 Å². The summed E-state index contributed by atoms with van der Waals surface area (Å²) in [5, 5.41) is 14.0. The number of hydrogen-bond acceptors (Lipinski definition) is 10. The van der Waals surface area contributed by atoms with Crippen molar-refractivity contribution in [3.8, 4) is 11.5 Å². The van der Waals surface area contributed by atoms with Gasteiger partial charge in [-0.3, -0.25) is 20.2 Å². The molecule has 0 aliphatic heterocycles. The second-order valence-electron chi connectivity index (χ2n) is 13.1. The van der Waals surface area contributed by atoms with Crippen molar-refractivity contribution in [1.82, 2.24) is 25.3 Å². The van der Waals surface area contributed by atoms with E-state index in [1.54, 1.807) is 25.8 Å². The topological polar surface area (TPSA) is 172 Å². The molecular formula is C38H49ClN6O7S. The number of amides is 2. The van der Waals surface area contributed by atoms with E-state index in [2.05, 4.69) is 20.7 Å². The summed E-state index contributed by atoms with van der Waals surface area (Å²) in [7, 11) is -0.496. The van der Waals surface area contributed by atoms with Gasteiger partial charge in [0.25, 0.3) is 0 Å². The number of aromatic nitrogens is 2. The van der Waals surface area contributed by atoms with Crippen LogP contribution in [-0.4, -0.2) is 66.8 Å². The van der Waals surface area contributed by atoms with Crippen LogP contribution >= 0.6 is 11.6 Å². The number of carbonyl (C=O) groups excluding carboxylic acids is 2. The normalized spacial score (nSPS) is 12.7. The molecule has 0 aliphatic rings. The minimum absolute atomic E-state index is 0.0103. The third-order valence-corrected chi connectivity index (χ3v) is 9.16. The third-order valence-electron chi connectivity index (χ3n) is 7.89. The summed E-state index contributed by atoms with van der Waals surface area (Å²) in [6.45, 7) is 7.62. The Balaban J connectivity index is 0.000000300. The van der Waals surface area contributed by atoms with Gasteiger partial charge in [0.1, 0.15) is 12.1 Å². The molecule has 0 bridgehead atoms. The summed E-state index contributed by atoms with van der Waals surface area (Å²) < 4.78 is 35.8. The lowest BCUT2D eigenvalue weighted by Crippen LogP contribution is -2.51. The second kappa shape index (κ2) is 20.5. The number of ether oxygens (including phenoxy) is 2. The van der Waals surface area contributed by atoms with E-state index < -0.39 is 33.7 Å². The summed E-state index contributed by atoms with van der Waals surface area (Å²) in [5.74, 6) is -0.968. The number of benzene rings is 3. The lowest BCUT2D eigenvalue weighted by atomic mass is 9.82. The van der Waals surface area contributed by atoms with E-state index in [1.807, 2.05) is 101 Å². The van der Waals surface area contributed by atoms with Crippen molar-refractivity contribution in [2.24, 2.45) is 23.7 Å². The average molecular weight is 769 g/mol. The van der Waals surface area contributed by atoms with Crippen LogP contribution in [0.4, 0.5) is 11.5 Å². The molecule has 2 amide bonds. The first-order valence-corrected chi connectivity index (χ1v) is 19.2. The second-order valence-corrected chi connectivity index (χ2v) is 15.5. The van der Waals surface area contributed by atoms with Crippen LogP contribution in [0.25, 0.3) is 17.0 Å². The van der Waals surface area contributed by atoms with Gasteiger partial charge in [-0.05, 0) is 54.5 Å². The van der Waals surface area contributed by atoms with Crippen molar-refractivity contribution in [2.45, 2.75) is 40.5 Å². The number of hydrazine groups is 1. The van der Waals surface area contributed by atoms with Gasteiger partial charge in [-0.1, -0.05) is 87.8 Å². The van der Waals surface area contributed by atoms with Gasteiger partial charge in [0.05, 0.1) is 37.8 Å². The van der Waals surface area contributed by atoms with Crippen molar-refractivity contribution in [3.63, 3.8) is 0 Å². The van der Waals surface area contributed by atoms with E-state index in [9.17, 15) is 23.2 Å². The van der Waals surface area contributed by atoms with Crippen molar-refractivity contribution in [1.29, 1.82) is 0 Å². The molecule has 0 fully saturated rings. The number of halogens is 1. The highest BCUT2D eigenvalue weighted by molar-refractivity contribution is 7.88. The standard InChI is InChI=1S/C22H35N3O5S.C16H14ClN3O2/c1-16(2)14-20(21(26)23-25(15-17(3)4)31(5,29)30)19(22(27)24-28)13-9-12-18-10-7-6-8-11-18;1-21-14-7-12-13(8-15(14)22-2)18-9-19-16(12)20-11-5-3-4-10(17)6-11/h6-12,16-17,19-20,28H,13-15H2,1-5H3,(H,23,26)(H,24,27);3-9H,1-2H3,(H,18,19,20)/b12-9+;/t19-,20-;/m1./s1. The van der Waals surface area contributed by atoms with Crippen molar-refractivity contribution in [2.75, 3.05) is 32.3 Å². The maximum atomic E-state index is 13.1. The zero-order valence-electron chi connectivity index (χ0n) is 31.0. The zero-order chi connectivity index (χ0) is 39.1. The van der Waals surface area contributed by atoms with E-state index in [0.717, 1.165) is 32.8 Å². The van der Waals surface area contributed by atoms with Crippen LogP contribution in [-0.2, 0) is 19.6 Å². The Hall–Kier alpha value is -4.76. The number of nitrogens with zero attached hydrogens (tertiary/aromatic N) is 3. The van der Waals surface area contributed by atoms with Crippen LogP contribution in [0.2, 0.25) is 5.02 Å². The first-order valence-electron chi connectivity index (χ1n) is 17.0. The SMILES string of the molecule is CC(C)C[C@@H](C(=O)NN(CC(C)C)S(C)(=O)=O)[C@@H](C/C=C/c1ccccc1)C(=O)NO.COc1cc2ncnc(Nc3cccc(Cl)c3)c2cc1OC. The molecule has 2 atom stereocenters. The van der Waals surface area contributed by atoms with Crippen LogP contribution in [0.5, 0.6) is 11.5 Å². The minimum Gasteiger partial charge on any atom is -0.493 e. The van der Waals surface area contributed by atoms with Gasteiger partial charge in [-0.25, -0.2) is 23.9 Å². The number of nitrogens with one attached hydrogen (secondary N) is 3. The Morgan fingerprint density at radius 2 is 1.58 bits per heavy atom. The van der Waals surface area contributed by atoms with Crippen molar-refractivity contribution < 1.29 is 32.7 Å². The first kappa shape index (κ1) is 42.7. The Kier molecular flexibility index (Phi) is 16.5. The van der Waals surface area contributed by atoms with Crippen LogP contribution < -0.4 is 25.7 Å². The summed E-state index contributed by atoms with van der Waals surface area (Å²) in [6.07, 6.45) is 6.69. The van der Waals surface area contributed by atoms with Gasteiger partial charge >= 0.3 is 0 Å². The average Bonchev–Trinajstić information content (AvgIpc) is 3.11. The third kappa shape index (κ3) is 13.3. The smallest absolute Gasteiger partial charge is 0.247 e. The van der Waals surface area contributed by atoms with Gasteiger partial charge in [0.15, 0.2) is 11.5 Å². The molecule has 1 aromatic heterocycles. The molecule has 0 saturated heterocycles. The van der Waals surface area contributed by atoms with E-state index in [4.69, 9.17) is 21.1 Å². The van der Waals surface area contributed by atoms with Crippen LogP contribution in [0.3, 0.4) is 0 Å². The highest BCUT2D eigenvalue weighted by atomic mass is 35.5. The van der Waals surface area contributed by atoms with E-state index in [0.29, 0.717) is 28.8 Å². The molecule has 53 heavy (non-hydrogen) atoms. The maximum Gasteiger partial charge on any atom is 0.247 e. The molecule has 0 aliphatic carbocycles. The lowest BCUT2D eigenvalue weighted by molar-refractivity contribution is -0.141. The molecule has 3 aromatic carbocycles. The van der Waals surface area contributed by atoms with E-state index in [1.165, 1.54) is 6.33 Å². The Morgan fingerprint density at radius 1 is 0.906 bits per heavy atom. The number of allylic oxidation sites excluding steroid dienone is 1. The fourth-order valence-corrected chi connectivity index (χ4v) is 6.42. The van der Waals surface area contributed by atoms with Crippen LogP contribution in [0.15, 0.2) is 79.1 Å². The number of sulfonamides is 1. The monoisotopic (exact) mass is 768 g/mol. The molecule has 0 saturated carbocycles. The Labute approximate surface area is 316 Å². The number of carbonyl (C=O) groups is 2. The fraction of sp³-hybridized carbons (Fsp3) is 0.368. The van der Waals surface area contributed by atoms with Gasteiger partial charge in [-0.2, -0.15) is 0 Å². The largest absolute Gasteiger partial charge is 0.493 e. The quantitative estimate of drug-likeness (QED) is 0.0697. The fourth-order valence-electron chi connectivity index (χ4n) is 5.40. The number of rotatable bonds is 16. The van der Waals surface area contributed by atoms with Crippen molar-refractivity contribution >= 4 is 61.9 Å². The van der Waals surface area contributed by atoms with Gasteiger partial charge in [0.2, 0.25) is 21.8 Å². The highest BCUT2D eigenvalue weighted by Crippen LogP contribution is 2.34. The number of fused-ring (bicyclic) bond motifs is 1. The molecule has 0 spiro atoms. The summed E-state index contributed by atoms with van der Waals surface area (Å²) >= 11 is 6.01. The molecule has 4 rings (SSSR count). The molecule has 4 N–H and O–H groups in total. The molecule has 1 heterocycles. The zero-order valence-corrected chi connectivity index (χ0v) is 32.6. The van der Waals surface area contributed by atoms with Gasteiger partial charge < -0.3 is 14.8 Å². The number of methoxy groups -OCH3 is 2. The number of anilines is 2. The summed E-state index contributed by atoms with van der Waals surface area (Å²) in [5.41, 5.74) is 6.69. The molecule has 15 heteroatoms. The number of hydrogen-bond donors (Lipinski definition) is 4. The lowest BCUT2D eigenvalue weighted by Gasteiger charge is -2.29. The molecule has 4 aromatic rings. The first-order chi connectivity index (χ1) is 25.2. The predicted molar refractivity (Wildman–Crippen MR) is 208 cm³/mol. The molecule has 286 valence electrons. The van der Waals surface area contributed by atoms with Crippen LogP contribution in [0, 0.1) is 23.7 Å². The van der Waals surface area contributed by atoms with E-state index in [-0.39, 0.29) is 24.8 Å². The molecule has 0 radical (unpaired) electrons. The molecule has 13 nitrogen and oxygen atoms in total. The summed E-state index contributed by atoms with van der Waals surface area (Å²) in [6, 6.07) is 20.6. The molecular weight excluding hydrogens is 720 g/mol. The Bertz CT molecular complexity index is 1940. The Morgan fingerprint density at radius 3 is 2.17 bits per heavy atom. The number of hydroxylamine groups is 1. The predicted octanol–water partition coefficient (Wildman–Crippen LogP) is 6.87. The molecule has 0 unspecified atom stereocenters. The van der Waals surface area contributed by atoms with Crippen molar-refractivity contribution in [3.05, 3.63) is 89.7 Å².